The zero-order valence-corrected chi connectivity index (χ0v) is 23.1. The molecule has 1 N–H and O–H groups in total. The van der Waals surface area contributed by atoms with Gasteiger partial charge in [0.1, 0.15) is 10.8 Å². The normalized spacial score (nSPS) is 13.3. The topological polar surface area (TPSA) is 89.0 Å². The van der Waals surface area contributed by atoms with E-state index in [2.05, 4.69) is 46.2 Å². The van der Waals surface area contributed by atoms with Gasteiger partial charge >= 0.3 is 5.97 Å². The number of thiazole rings is 1. The number of hydrogen-bond acceptors (Lipinski definition) is 6. The molecule has 2 rings (SSSR count). The second-order valence-electron chi connectivity index (χ2n) is 10.4. The molecular weight excluding hydrogens is 476 g/mol. The molecule has 0 aliphatic rings. The lowest BCUT2D eigenvalue weighted by Gasteiger charge is -2.37. The fourth-order valence-corrected chi connectivity index (χ4v) is 5.08. The molecule has 0 bridgehead atoms. The fraction of sp³-hybridized carbons (Fsp3) is 0.536. The lowest BCUT2D eigenvalue weighted by atomic mass is 9.85. The van der Waals surface area contributed by atoms with Crippen LogP contribution in [0.2, 0.25) is 0 Å². The maximum atomic E-state index is 14.1. The standard InChI is InChI=1S/C28H40N2O5S/c1-8-14-35-18-21(10-12-24(31)32)25(26-29-13-15-36-26)30(17-19(2)3)27(33)20-9-11-22(28(4,5)6)23(16-20)34-7/h8-9,11,13,15-16,19,21,25H,1,10,12,14,17-18H2,2-7H3,(H,31,32)/t21-,25-/m1/s1. The summed E-state index contributed by atoms with van der Waals surface area (Å²) in [5.41, 5.74) is 1.40. The van der Waals surface area contributed by atoms with Gasteiger partial charge in [-0.25, -0.2) is 4.98 Å². The molecule has 1 heterocycles. The highest BCUT2D eigenvalue weighted by Crippen LogP contribution is 2.37. The average molecular weight is 517 g/mol. The Bertz CT molecular complexity index is 998. The molecule has 2 atom stereocenters. The van der Waals surface area contributed by atoms with E-state index < -0.39 is 12.0 Å². The van der Waals surface area contributed by atoms with Crippen LogP contribution in [0.4, 0.5) is 0 Å². The maximum absolute atomic E-state index is 14.1. The molecule has 1 aromatic carbocycles. The van der Waals surface area contributed by atoms with Crippen molar-refractivity contribution in [1.82, 2.24) is 9.88 Å². The number of ether oxygens (including phenoxy) is 2. The van der Waals surface area contributed by atoms with Crippen LogP contribution in [0, 0.1) is 11.8 Å². The molecule has 0 unspecified atom stereocenters. The van der Waals surface area contributed by atoms with E-state index in [1.54, 1.807) is 25.4 Å². The van der Waals surface area contributed by atoms with Gasteiger partial charge in [-0.05, 0) is 35.4 Å². The summed E-state index contributed by atoms with van der Waals surface area (Å²) in [6.45, 7) is 15.2. The van der Waals surface area contributed by atoms with Crippen LogP contribution >= 0.6 is 11.3 Å². The van der Waals surface area contributed by atoms with Crippen molar-refractivity contribution < 1.29 is 24.2 Å². The Balaban J connectivity index is 2.57. The lowest BCUT2D eigenvalue weighted by Crippen LogP contribution is -2.42. The van der Waals surface area contributed by atoms with Crippen LogP contribution in [-0.4, -0.2) is 53.7 Å². The lowest BCUT2D eigenvalue weighted by molar-refractivity contribution is -0.137. The quantitative estimate of drug-likeness (QED) is 0.246. The molecule has 0 fully saturated rings. The number of benzene rings is 1. The third-order valence-corrected chi connectivity index (χ3v) is 6.71. The third-order valence-electron chi connectivity index (χ3n) is 5.86. The molecule has 36 heavy (non-hydrogen) atoms. The average Bonchev–Trinajstić information content (AvgIpc) is 3.34. The zero-order valence-electron chi connectivity index (χ0n) is 22.3. The molecule has 0 saturated carbocycles. The van der Waals surface area contributed by atoms with E-state index in [0.29, 0.717) is 30.9 Å². The summed E-state index contributed by atoms with van der Waals surface area (Å²) in [4.78, 5) is 31.9. The SMILES string of the molecule is C=CCOC[C@@H](CCC(=O)O)[C@H](c1nccs1)N(CC(C)C)C(=O)c1ccc(C(C)(C)C)c(OC)c1. The van der Waals surface area contributed by atoms with E-state index >= 15 is 0 Å². The largest absolute Gasteiger partial charge is 0.496 e. The van der Waals surface area contributed by atoms with Crippen LogP contribution in [0.3, 0.4) is 0 Å². The van der Waals surface area contributed by atoms with Crippen molar-refractivity contribution in [3.05, 3.63) is 58.6 Å². The van der Waals surface area contributed by atoms with Gasteiger partial charge in [0, 0.05) is 36.0 Å². The third kappa shape index (κ3) is 8.17. The van der Waals surface area contributed by atoms with E-state index in [1.165, 1.54) is 11.3 Å². The van der Waals surface area contributed by atoms with E-state index in [-0.39, 0.29) is 36.2 Å². The fourth-order valence-electron chi connectivity index (χ4n) is 4.24. The second kappa shape index (κ2) is 13.6. The summed E-state index contributed by atoms with van der Waals surface area (Å²) >= 11 is 1.46. The minimum absolute atomic E-state index is 0.0260. The van der Waals surface area contributed by atoms with Crippen LogP contribution in [0.15, 0.2) is 42.4 Å². The smallest absolute Gasteiger partial charge is 0.303 e. The summed E-state index contributed by atoms with van der Waals surface area (Å²) in [5.74, 6) is -0.440. The van der Waals surface area contributed by atoms with Crippen LogP contribution in [0.1, 0.15) is 74.4 Å². The van der Waals surface area contributed by atoms with Gasteiger partial charge in [0.15, 0.2) is 0 Å². The molecule has 0 saturated heterocycles. The molecule has 1 aromatic heterocycles. The summed E-state index contributed by atoms with van der Waals surface area (Å²) in [5, 5.41) is 12.0. The molecular formula is C28H40N2O5S. The first kappa shape index (κ1) is 29.5. The molecule has 2 aromatic rings. The molecule has 0 aliphatic carbocycles. The van der Waals surface area contributed by atoms with E-state index in [0.717, 1.165) is 10.6 Å². The Kier molecular flexibility index (Phi) is 11.1. The Morgan fingerprint density at radius 3 is 2.53 bits per heavy atom. The molecule has 7 nitrogen and oxygen atoms in total. The van der Waals surface area contributed by atoms with Crippen molar-refractivity contribution in [2.75, 3.05) is 26.9 Å². The van der Waals surface area contributed by atoms with Crippen LogP contribution in [0.5, 0.6) is 5.75 Å². The number of carboxylic acid groups (broad SMARTS) is 1. The van der Waals surface area contributed by atoms with Gasteiger partial charge in [-0.2, -0.15) is 0 Å². The Morgan fingerprint density at radius 2 is 2.00 bits per heavy atom. The van der Waals surface area contributed by atoms with Crippen molar-refractivity contribution in [3.63, 3.8) is 0 Å². The van der Waals surface area contributed by atoms with Crippen molar-refractivity contribution >= 4 is 23.2 Å². The monoisotopic (exact) mass is 516 g/mol. The van der Waals surface area contributed by atoms with Crippen molar-refractivity contribution in [2.45, 2.75) is 58.9 Å². The van der Waals surface area contributed by atoms with Crippen molar-refractivity contribution in [2.24, 2.45) is 11.8 Å². The highest BCUT2D eigenvalue weighted by molar-refractivity contribution is 7.09. The number of carbonyl (C=O) groups is 2. The second-order valence-corrected chi connectivity index (χ2v) is 11.3. The number of nitrogens with zero attached hydrogens (tertiary/aromatic N) is 2. The maximum Gasteiger partial charge on any atom is 0.303 e. The highest BCUT2D eigenvalue weighted by atomic mass is 32.1. The number of amides is 1. The molecule has 8 heteroatoms. The minimum Gasteiger partial charge on any atom is -0.496 e. The minimum atomic E-state index is -0.883. The number of aliphatic carboxylic acids is 1. The highest BCUT2D eigenvalue weighted by Gasteiger charge is 2.36. The van der Waals surface area contributed by atoms with Crippen molar-refractivity contribution in [1.29, 1.82) is 0 Å². The van der Waals surface area contributed by atoms with Gasteiger partial charge in [-0.3, -0.25) is 9.59 Å². The van der Waals surface area contributed by atoms with Gasteiger partial charge in [0.05, 0.1) is 26.4 Å². The Labute approximate surface area is 219 Å². The Hall–Kier alpha value is -2.71. The van der Waals surface area contributed by atoms with Crippen LogP contribution in [0.25, 0.3) is 0 Å². The summed E-state index contributed by atoms with van der Waals surface area (Å²) < 4.78 is 11.5. The first-order chi connectivity index (χ1) is 17.0. The number of carboxylic acids is 1. The predicted molar refractivity (Wildman–Crippen MR) is 144 cm³/mol. The molecule has 0 spiro atoms. The molecule has 1 amide bonds. The van der Waals surface area contributed by atoms with Gasteiger partial charge in [0.25, 0.3) is 5.91 Å². The molecule has 0 radical (unpaired) electrons. The first-order valence-corrected chi connectivity index (χ1v) is 13.2. The number of carbonyl (C=O) groups excluding carboxylic acids is 1. The van der Waals surface area contributed by atoms with E-state index in [1.807, 2.05) is 22.4 Å². The van der Waals surface area contributed by atoms with E-state index in [9.17, 15) is 14.7 Å². The molecule has 198 valence electrons. The summed E-state index contributed by atoms with van der Waals surface area (Å²) in [6, 6.07) is 5.17. The predicted octanol–water partition coefficient (Wildman–Crippen LogP) is 5.97. The first-order valence-electron chi connectivity index (χ1n) is 12.3. The van der Waals surface area contributed by atoms with Crippen LogP contribution in [-0.2, 0) is 14.9 Å². The number of rotatable bonds is 14. The van der Waals surface area contributed by atoms with Gasteiger partial charge in [-0.1, -0.05) is 46.8 Å². The molecule has 0 aliphatic heterocycles. The zero-order chi connectivity index (χ0) is 26.9. The van der Waals surface area contributed by atoms with Gasteiger partial charge < -0.3 is 19.5 Å². The summed E-state index contributed by atoms with van der Waals surface area (Å²) in [7, 11) is 1.61. The van der Waals surface area contributed by atoms with Gasteiger partial charge in [0.2, 0.25) is 0 Å². The number of hydrogen-bond donors (Lipinski definition) is 1. The Morgan fingerprint density at radius 1 is 1.28 bits per heavy atom. The number of aromatic nitrogens is 1. The van der Waals surface area contributed by atoms with E-state index in [4.69, 9.17) is 9.47 Å². The summed E-state index contributed by atoms with van der Waals surface area (Å²) in [6.07, 6.45) is 3.70. The van der Waals surface area contributed by atoms with Gasteiger partial charge in [-0.15, -0.1) is 17.9 Å². The van der Waals surface area contributed by atoms with Crippen LogP contribution < -0.4 is 4.74 Å². The number of methoxy groups -OCH3 is 1. The van der Waals surface area contributed by atoms with Crippen molar-refractivity contribution in [3.8, 4) is 5.75 Å².